The second kappa shape index (κ2) is 4.96. The van der Waals surface area contributed by atoms with Gasteiger partial charge in [-0.1, -0.05) is 33.8 Å². The summed E-state index contributed by atoms with van der Waals surface area (Å²) in [7, 11) is 0. The number of hydrogen-bond acceptors (Lipinski definition) is 4. The molecular formula is C25H35NO3. The summed E-state index contributed by atoms with van der Waals surface area (Å²) >= 11 is 0. The number of phenols is 1. The molecule has 4 aliphatic carbocycles. The van der Waals surface area contributed by atoms with Gasteiger partial charge >= 0.3 is 0 Å². The molecule has 1 saturated heterocycles. The van der Waals surface area contributed by atoms with Crippen LogP contribution in [0.4, 0.5) is 0 Å². The number of aromatic hydroxyl groups is 1. The lowest BCUT2D eigenvalue weighted by Crippen LogP contribution is -2.79. The second-order valence-electron chi connectivity index (χ2n) is 12.2. The van der Waals surface area contributed by atoms with Crippen LogP contribution in [0.25, 0.3) is 0 Å². The summed E-state index contributed by atoms with van der Waals surface area (Å²) in [6.45, 7) is 11.9. The molecule has 0 aromatic heterocycles. The van der Waals surface area contributed by atoms with Crippen LogP contribution in [0.1, 0.15) is 71.4 Å². The number of phenolic OH excluding ortho intramolecular Hbond substituents is 1. The van der Waals surface area contributed by atoms with Crippen molar-refractivity contribution in [3.05, 3.63) is 23.3 Å². The Bertz CT molecular complexity index is 917. The molecule has 6 aliphatic rings. The molecule has 2 heterocycles. The Hall–Kier alpha value is -1.26. The predicted octanol–water partition coefficient (Wildman–Crippen LogP) is 3.91. The largest absolute Gasteiger partial charge is 0.504 e. The van der Waals surface area contributed by atoms with E-state index >= 15 is 0 Å². The number of hydrogen-bond donors (Lipinski definition) is 3. The van der Waals surface area contributed by atoms with Crippen molar-refractivity contribution in [1.82, 2.24) is 5.32 Å². The van der Waals surface area contributed by atoms with E-state index in [4.69, 9.17) is 4.74 Å². The van der Waals surface area contributed by atoms with Gasteiger partial charge in [-0.2, -0.15) is 0 Å². The van der Waals surface area contributed by atoms with Gasteiger partial charge in [0.25, 0.3) is 0 Å². The van der Waals surface area contributed by atoms with Crippen molar-refractivity contribution in [2.24, 2.45) is 22.2 Å². The zero-order valence-corrected chi connectivity index (χ0v) is 18.4. The van der Waals surface area contributed by atoms with E-state index < -0.39 is 5.60 Å². The normalized spacial score (nSPS) is 46.1. The zero-order chi connectivity index (χ0) is 20.6. The van der Waals surface area contributed by atoms with Crippen molar-refractivity contribution in [3.63, 3.8) is 0 Å². The van der Waals surface area contributed by atoms with Crippen molar-refractivity contribution in [2.75, 3.05) is 6.54 Å². The quantitative estimate of drug-likeness (QED) is 0.672. The first kappa shape index (κ1) is 18.5. The van der Waals surface area contributed by atoms with Crippen LogP contribution in [0.15, 0.2) is 12.1 Å². The third-order valence-electron chi connectivity index (χ3n) is 10.5. The molecule has 0 unspecified atom stereocenters. The Balaban J connectivity index is 1.63. The average molecular weight is 398 g/mol. The highest BCUT2D eigenvalue weighted by Gasteiger charge is 2.79. The van der Waals surface area contributed by atoms with Crippen LogP contribution in [0.5, 0.6) is 11.5 Å². The summed E-state index contributed by atoms with van der Waals surface area (Å²) in [5.74, 6) is 1.21. The SMILES string of the molecule is CC(C)(C)[C@@](C)(O)[C@H]1C[C@@]23CC[C@]1(C)[C@@H]1Oc4c(O)ccc5c4[C@@]12CCN[C@@H]3C5. The van der Waals surface area contributed by atoms with Crippen LogP contribution < -0.4 is 10.1 Å². The molecule has 4 fully saturated rings. The predicted molar refractivity (Wildman–Crippen MR) is 112 cm³/mol. The maximum atomic E-state index is 11.9. The minimum Gasteiger partial charge on any atom is -0.504 e. The van der Waals surface area contributed by atoms with Gasteiger partial charge in [-0.15, -0.1) is 0 Å². The molecular weight excluding hydrogens is 362 g/mol. The molecule has 4 bridgehead atoms. The van der Waals surface area contributed by atoms with E-state index in [9.17, 15) is 10.2 Å². The minimum absolute atomic E-state index is 0.0258. The Morgan fingerprint density at radius 3 is 2.62 bits per heavy atom. The molecule has 4 heteroatoms. The maximum Gasteiger partial charge on any atom is 0.165 e. The minimum atomic E-state index is -0.786. The van der Waals surface area contributed by atoms with Crippen LogP contribution in [0, 0.1) is 22.2 Å². The molecule has 2 aliphatic heterocycles. The van der Waals surface area contributed by atoms with Crippen LogP contribution in [0.3, 0.4) is 0 Å². The van der Waals surface area contributed by atoms with Crippen LogP contribution in [-0.4, -0.2) is 34.5 Å². The summed E-state index contributed by atoms with van der Waals surface area (Å²) in [5, 5.41) is 26.5. The summed E-state index contributed by atoms with van der Waals surface area (Å²) in [6.07, 6.45) is 5.41. The molecule has 0 radical (unpaired) electrons. The standard InChI is InChI=1S/C25H35NO3/c1-21(2,3)23(5,28)16-13-24-9-8-22(16,4)20-25(24)10-11-26-17(24)12-14-6-7-15(27)19(29-20)18(14)25/h6-7,16-17,20,26-28H,8-13H2,1-5H3/t16-,17+,20-,22-,23-,24+,25-/m0/s1. The Labute approximate surface area is 174 Å². The van der Waals surface area contributed by atoms with E-state index in [-0.39, 0.29) is 33.7 Å². The fraction of sp³-hybridized carbons (Fsp3) is 0.760. The first-order valence-corrected chi connectivity index (χ1v) is 11.5. The van der Waals surface area contributed by atoms with Crippen molar-refractivity contribution >= 4 is 0 Å². The lowest BCUT2D eigenvalue weighted by Gasteiger charge is -2.74. The fourth-order valence-corrected chi connectivity index (χ4v) is 8.66. The maximum absolute atomic E-state index is 11.9. The molecule has 0 amide bonds. The van der Waals surface area contributed by atoms with Crippen LogP contribution in [0.2, 0.25) is 0 Å². The Kier molecular flexibility index (Phi) is 3.17. The number of piperidine rings is 1. The molecule has 3 N–H and O–H groups in total. The number of aliphatic hydroxyl groups is 1. The van der Waals surface area contributed by atoms with Gasteiger partial charge in [-0.05, 0) is 74.0 Å². The first-order valence-electron chi connectivity index (χ1n) is 11.5. The number of fused-ring (bicyclic) bond motifs is 2. The van der Waals surface area contributed by atoms with E-state index in [0.717, 1.165) is 38.0 Å². The molecule has 3 saturated carbocycles. The van der Waals surface area contributed by atoms with E-state index in [2.05, 4.69) is 46.0 Å². The van der Waals surface area contributed by atoms with Crippen LogP contribution in [-0.2, 0) is 11.8 Å². The molecule has 1 aromatic rings. The summed E-state index contributed by atoms with van der Waals surface area (Å²) in [4.78, 5) is 0. The second-order valence-corrected chi connectivity index (χ2v) is 12.2. The molecule has 1 aromatic carbocycles. The van der Waals surface area contributed by atoms with E-state index in [1.165, 1.54) is 17.5 Å². The number of rotatable bonds is 1. The van der Waals surface area contributed by atoms with E-state index in [1.54, 1.807) is 0 Å². The van der Waals surface area contributed by atoms with Gasteiger partial charge in [0, 0.05) is 22.4 Å². The topological polar surface area (TPSA) is 61.7 Å². The van der Waals surface area contributed by atoms with Gasteiger partial charge in [0.05, 0.1) is 5.60 Å². The summed E-state index contributed by atoms with van der Waals surface area (Å²) in [6, 6.07) is 4.37. The highest BCUT2D eigenvalue weighted by Crippen LogP contribution is 2.78. The summed E-state index contributed by atoms with van der Waals surface area (Å²) < 4.78 is 6.79. The van der Waals surface area contributed by atoms with E-state index in [0.29, 0.717) is 11.8 Å². The van der Waals surface area contributed by atoms with Crippen molar-refractivity contribution < 1.29 is 14.9 Å². The van der Waals surface area contributed by atoms with Gasteiger partial charge in [-0.25, -0.2) is 0 Å². The number of ether oxygens (including phenoxy) is 1. The smallest absolute Gasteiger partial charge is 0.165 e. The molecule has 2 spiro atoms. The van der Waals surface area contributed by atoms with Gasteiger partial charge in [0.1, 0.15) is 6.10 Å². The number of benzene rings is 1. The van der Waals surface area contributed by atoms with Crippen molar-refractivity contribution in [3.8, 4) is 11.5 Å². The van der Waals surface area contributed by atoms with Crippen molar-refractivity contribution in [1.29, 1.82) is 0 Å². The third kappa shape index (κ3) is 1.75. The third-order valence-corrected chi connectivity index (χ3v) is 10.5. The van der Waals surface area contributed by atoms with Gasteiger partial charge in [-0.3, -0.25) is 0 Å². The lowest BCUT2D eigenvalue weighted by molar-refractivity contribution is -0.263. The zero-order valence-electron chi connectivity index (χ0n) is 18.4. The Morgan fingerprint density at radius 2 is 1.90 bits per heavy atom. The van der Waals surface area contributed by atoms with Gasteiger partial charge in [0.15, 0.2) is 11.5 Å². The molecule has 7 atom stereocenters. The van der Waals surface area contributed by atoms with Crippen LogP contribution >= 0.6 is 0 Å². The molecule has 7 rings (SSSR count). The molecule has 4 nitrogen and oxygen atoms in total. The lowest BCUT2D eigenvalue weighted by atomic mass is 9.31. The van der Waals surface area contributed by atoms with Gasteiger partial charge < -0.3 is 20.3 Å². The number of nitrogens with one attached hydrogen (secondary N) is 1. The highest BCUT2D eigenvalue weighted by molar-refractivity contribution is 5.62. The monoisotopic (exact) mass is 397 g/mol. The van der Waals surface area contributed by atoms with Gasteiger partial charge in [0.2, 0.25) is 0 Å². The van der Waals surface area contributed by atoms with E-state index in [1.807, 2.05) is 6.07 Å². The fourth-order valence-electron chi connectivity index (χ4n) is 8.66. The average Bonchev–Trinajstić information content (AvgIpc) is 2.99. The Morgan fingerprint density at radius 1 is 1.14 bits per heavy atom. The first-order chi connectivity index (χ1) is 13.5. The molecule has 158 valence electrons. The van der Waals surface area contributed by atoms with Crippen molar-refractivity contribution in [2.45, 2.75) is 89.9 Å². The molecule has 29 heavy (non-hydrogen) atoms. The highest BCUT2D eigenvalue weighted by atomic mass is 16.5. The summed E-state index contributed by atoms with van der Waals surface area (Å²) in [5.41, 5.74) is 1.64.